The summed E-state index contributed by atoms with van der Waals surface area (Å²) in [5.74, 6) is -0.0457. The minimum absolute atomic E-state index is 0.0457. The van der Waals surface area contributed by atoms with Gasteiger partial charge in [-0.05, 0) is 48.8 Å². The van der Waals surface area contributed by atoms with Crippen LogP contribution in [0.15, 0.2) is 78.2 Å². The quantitative estimate of drug-likeness (QED) is 0.628. The second-order valence-electron chi connectivity index (χ2n) is 8.21. The van der Waals surface area contributed by atoms with Crippen molar-refractivity contribution >= 4 is 9.84 Å². The number of rotatable bonds is 5. The minimum Gasteiger partial charge on any atom is -0.223 e. The average Bonchev–Trinajstić information content (AvgIpc) is 2.64. The highest BCUT2D eigenvalue weighted by atomic mass is 32.2. The molecule has 26 heavy (non-hydrogen) atoms. The van der Waals surface area contributed by atoms with Gasteiger partial charge in [0.05, 0.1) is 9.64 Å². The van der Waals surface area contributed by atoms with E-state index in [1.54, 1.807) is 30.3 Å². The summed E-state index contributed by atoms with van der Waals surface area (Å²) in [5, 5.41) is 0. The van der Waals surface area contributed by atoms with E-state index in [-0.39, 0.29) is 11.3 Å². The Morgan fingerprint density at radius 2 is 1.58 bits per heavy atom. The fraction of sp³-hybridized carbons (Fsp3) is 0.391. The van der Waals surface area contributed by atoms with Gasteiger partial charge in [-0.2, -0.15) is 0 Å². The van der Waals surface area contributed by atoms with Gasteiger partial charge in [0.15, 0.2) is 9.84 Å². The molecule has 0 radical (unpaired) electrons. The molecule has 0 heterocycles. The Balaban J connectivity index is 2.20. The third kappa shape index (κ3) is 3.25. The molecule has 0 aliphatic heterocycles. The maximum absolute atomic E-state index is 13.8. The highest BCUT2D eigenvalue weighted by molar-refractivity contribution is 7.93. The molecule has 1 aliphatic rings. The Morgan fingerprint density at radius 1 is 1.00 bits per heavy atom. The minimum atomic E-state index is -3.50. The molecule has 0 amide bonds. The fourth-order valence-corrected chi connectivity index (χ4v) is 6.71. The van der Waals surface area contributed by atoms with Gasteiger partial charge in [0.25, 0.3) is 0 Å². The first-order valence-electron chi connectivity index (χ1n) is 9.28. The molecule has 0 bridgehead atoms. The lowest BCUT2D eigenvalue weighted by Crippen LogP contribution is -2.49. The largest absolute Gasteiger partial charge is 0.223 e. The van der Waals surface area contributed by atoms with E-state index in [9.17, 15) is 8.42 Å². The van der Waals surface area contributed by atoms with Crippen LogP contribution in [0, 0.1) is 5.41 Å². The van der Waals surface area contributed by atoms with Gasteiger partial charge in [-0.15, -0.1) is 6.58 Å². The predicted octanol–water partition coefficient (Wildman–Crippen LogP) is 5.77. The molecular formula is C23H28O2S. The summed E-state index contributed by atoms with van der Waals surface area (Å²) in [4.78, 5) is 0.419. The molecule has 0 spiro atoms. The Kier molecular flexibility index (Phi) is 5.12. The van der Waals surface area contributed by atoms with Crippen molar-refractivity contribution in [2.75, 3.05) is 0 Å². The van der Waals surface area contributed by atoms with Crippen LogP contribution in [-0.2, 0) is 9.84 Å². The summed E-state index contributed by atoms with van der Waals surface area (Å²) in [6.07, 6.45) is 4.67. The van der Waals surface area contributed by atoms with E-state index in [1.165, 1.54) is 0 Å². The zero-order valence-corrected chi connectivity index (χ0v) is 16.5. The van der Waals surface area contributed by atoms with Crippen LogP contribution in [0.2, 0.25) is 0 Å². The molecule has 0 saturated heterocycles. The summed E-state index contributed by atoms with van der Waals surface area (Å²) in [5.41, 5.74) is 1.24. The number of hydrogen-bond donors (Lipinski definition) is 0. The van der Waals surface area contributed by atoms with E-state index in [4.69, 9.17) is 0 Å². The Hall–Kier alpha value is -1.87. The Bertz CT molecular complexity index is 854. The van der Waals surface area contributed by atoms with Crippen molar-refractivity contribution in [2.24, 2.45) is 5.41 Å². The zero-order valence-electron chi connectivity index (χ0n) is 15.7. The molecule has 0 aromatic heterocycles. The molecule has 2 aromatic carbocycles. The molecule has 1 fully saturated rings. The van der Waals surface area contributed by atoms with Crippen molar-refractivity contribution in [3.05, 3.63) is 78.9 Å². The van der Waals surface area contributed by atoms with E-state index in [1.807, 2.05) is 24.3 Å². The SMILES string of the molecule is C=CCC1(S(=O)(=O)c2ccccc2)CCC(C)(C)CC1c1ccccc1. The molecule has 3 heteroatoms. The first-order valence-corrected chi connectivity index (χ1v) is 10.8. The van der Waals surface area contributed by atoms with Gasteiger partial charge >= 0.3 is 0 Å². The smallest absolute Gasteiger partial charge is 0.184 e. The van der Waals surface area contributed by atoms with Crippen LogP contribution in [0.1, 0.15) is 51.0 Å². The van der Waals surface area contributed by atoms with Crippen molar-refractivity contribution in [3.8, 4) is 0 Å². The lowest BCUT2D eigenvalue weighted by Gasteiger charge is -2.49. The molecule has 2 aromatic rings. The van der Waals surface area contributed by atoms with E-state index < -0.39 is 14.6 Å². The highest BCUT2D eigenvalue weighted by Crippen LogP contribution is 2.55. The number of benzene rings is 2. The van der Waals surface area contributed by atoms with Gasteiger partial charge in [0.1, 0.15) is 0 Å². The molecule has 1 saturated carbocycles. The average molecular weight is 369 g/mol. The van der Waals surface area contributed by atoms with E-state index in [0.717, 1.165) is 18.4 Å². The molecule has 2 unspecified atom stereocenters. The molecule has 3 rings (SSSR count). The van der Waals surface area contributed by atoms with Crippen LogP contribution in [0.4, 0.5) is 0 Å². The molecule has 0 N–H and O–H groups in total. The van der Waals surface area contributed by atoms with Gasteiger partial charge in [0, 0.05) is 5.92 Å². The van der Waals surface area contributed by atoms with Crippen LogP contribution in [0.5, 0.6) is 0 Å². The topological polar surface area (TPSA) is 34.1 Å². The van der Waals surface area contributed by atoms with Gasteiger partial charge in [-0.1, -0.05) is 68.5 Å². The summed E-state index contributed by atoms with van der Waals surface area (Å²) in [6, 6.07) is 19.1. The monoisotopic (exact) mass is 368 g/mol. The third-order valence-corrected chi connectivity index (χ3v) is 8.52. The third-order valence-electron chi connectivity index (χ3n) is 5.90. The van der Waals surface area contributed by atoms with Crippen molar-refractivity contribution in [1.82, 2.24) is 0 Å². The zero-order chi connectivity index (χ0) is 18.8. The van der Waals surface area contributed by atoms with E-state index in [0.29, 0.717) is 17.7 Å². The highest BCUT2D eigenvalue weighted by Gasteiger charge is 2.54. The van der Waals surface area contributed by atoms with Crippen LogP contribution in [-0.4, -0.2) is 13.2 Å². The second kappa shape index (κ2) is 7.03. The van der Waals surface area contributed by atoms with Crippen molar-refractivity contribution in [2.45, 2.75) is 55.1 Å². The number of sulfone groups is 1. The number of allylic oxidation sites excluding steroid dienone is 1. The van der Waals surface area contributed by atoms with Crippen molar-refractivity contribution in [1.29, 1.82) is 0 Å². The fourth-order valence-electron chi connectivity index (χ4n) is 4.43. The first kappa shape index (κ1) is 18.9. The van der Waals surface area contributed by atoms with Crippen LogP contribution < -0.4 is 0 Å². The van der Waals surface area contributed by atoms with Gasteiger partial charge < -0.3 is 0 Å². The molecule has 138 valence electrons. The molecule has 1 aliphatic carbocycles. The predicted molar refractivity (Wildman–Crippen MR) is 108 cm³/mol. The summed E-state index contributed by atoms with van der Waals surface area (Å²) < 4.78 is 26.9. The van der Waals surface area contributed by atoms with E-state index in [2.05, 4.69) is 32.6 Å². The van der Waals surface area contributed by atoms with Crippen molar-refractivity contribution in [3.63, 3.8) is 0 Å². The maximum Gasteiger partial charge on any atom is 0.184 e. The van der Waals surface area contributed by atoms with Gasteiger partial charge in [0.2, 0.25) is 0 Å². The molecule has 2 nitrogen and oxygen atoms in total. The molecular weight excluding hydrogens is 340 g/mol. The maximum atomic E-state index is 13.8. The van der Waals surface area contributed by atoms with Crippen molar-refractivity contribution < 1.29 is 8.42 Å². The molecule has 2 atom stereocenters. The lowest BCUT2D eigenvalue weighted by atomic mass is 9.63. The van der Waals surface area contributed by atoms with Crippen LogP contribution in [0.25, 0.3) is 0 Å². The van der Waals surface area contributed by atoms with Gasteiger partial charge in [-0.3, -0.25) is 0 Å². The standard InChI is InChI=1S/C23H28O2S/c1-4-15-23(26(24,25)20-13-9-6-10-14-20)17-16-22(2,3)18-21(23)19-11-7-5-8-12-19/h4-14,21H,1,15-18H2,2-3H3. The summed E-state index contributed by atoms with van der Waals surface area (Å²) >= 11 is 0. The van der Waals surface area contributed by atoms with Crippen LogP contribution >= 0.6 is 0 Å². The number of hydrogen-bond acceptors (Lipinski definition) is 2. The Labute approximate surface area is 157 Å². The first-order chi connectivity index (χ1) is 12.3. The Morgan fingerprint density at radius 3 is 2.15 bits per heavy atom. The van der Waals surface area contributed by atoms with Crippen LogP contribution in [0.3, 0.4) is 0 Å². The summed E-state index contributed by atoms with van der Waals surface area (Å²) in [6.45, 7) is 8.40. The van der Waals surface area contributed by atoms with E-state index >= 15 is 0 Å². The second-order valence-corrected chi connectivity index (χ2v) is 10.5. The lowest BCUT2D eigenvalue weighted by molar-refractivity contribution is 0.176. The summed E-state index contributed by atoms with van der Waals surface area (Å²) in [7, 11) is -3.50. The normalized spacial score (nSPS) is 25.5. The van der Waals surface area contributed by atoms with Gasteiger partial charge in [-0.25, -0.2) is 8.42 Å².